The predicted molar refractivity (Wildman–Crippen MR) is 150 cm³/mol. The van der Waals surface area contributed by atoms with Crippen LogP contribution in [-0.2, 0) is 10.2 Å². The Morgan fingerprint density at radius 1 is 0.927 bits per heavy atom. The molecule has 41 heavy (non-hydrogen) atoms. The van der Waals surface area contributed by atoms with E-state index in [-0.39, 0.29) is 22.7 Å². The number of ketones is 2. The second-order valence-corrected chi connectivity index (χ2v) is 10.4. The van der Waals surface area contributed by atoms with E-state index < -0.39 is 39.9 Å². The van der Waals surface area contributed by atoms with Crippen LogP contribution < -0.4 is 5.32 Å². The maximum absolute atomic E-state index is 14.6. The number of hydrogen-bond acceptors (Lipinski definition) is 7. The first kappa shape index (κ1) is 24.6. The van der Waals surface area contributed by atoms with E-state index in [1.807, 2.05) is 48.5 Å². The average molecular weight is 543 g/mol. The number of nitrogens with zero attached hydrogens (tertiary/aromatic N) is 3. The Hall–Kier alpha value is -5.44. The number of nitrogens with one attached hydrogen (secondary N) is 1. The summed E-state index contributed by atoms with van der Waals surface area (Å²) in [6, 6.07) is 21.8. The molecule has 1 amide bonds. The molecule has 0 saturated carbocycles. The van der Waals surface area contributed by atoms with Crippen molar-refractivity contribution in [3.05, 3.63) is 141 Å². The van der Waals surface area contributed by atoms with Gasteiger partial charge in [0.2, 0.25) is 5.91 Å². The number of pyridine rings is 1. The summed E-state index contributed by atoms with van der Waals surface area (Å²) in [6.07, 6.45) is 6.61. The minimum atomic E-state index is -1.48. The van der Waals surface area contributed by atoms with Crippen LogP contribution in [-0.4, -0.2) is 38.3 Å². The third-order valence-electron chi connectivity index (χ3n) is 8.41. The first-order chi connectivity index (χ1) is 19.9. The molecule has 9 nitrogen and oxygen atoms in total. The predicted octanol–water partition coefficient (Wildman–Crippen LogP) is 4.97. The molecule has 3 aliphatic heterocycles. The number of para-hydroxylation sites is 1. The van der Waals surface area contributed by atoms with Crippen molar-refractivity contribution >= 4 is 34.9 Å². The van der Waals surface area contributed by atoms with E-state index in [4.69, 9.17) is 0 Å². The summed E-state index contributed by atoms with van der Waals surface area (Å²) in [7, 11) is 0. The summed E-state index contributed by atoms with van der Waals surface area (Å²) in [6.45, 7) is 0. The summed E-state index contributed by atoms with van der Waals surface area (Å²) in [4.78, 5) is 60.4. The van der Waals surface area contributed by atoms with Crippen LogP contribution >= 0.6 is 0 Å². The lowest BCUT2D eigenvalue weighted by Crippen LogP contribution is -2.49. The molecule has 7 rings (SSSR count). The monoisotopic (exact) mass is 542 g/mol. The third-order valence-corrected chi connectivity index (χ3v) is 8.41. The maximum atomic E-state index is 14.6. The van der Waals surface area contributed by atoms with Crippen LogP contribution in [0.1, 0.15) is 43.4 Å². The number of rotatable bonds is 5. The number of nitro groups is 1. The van der Waals surface area contributed by atoms with Crippen molar-refractivity contribution in [3.8, 4) is 0 Å². The van der Waals surface area contributed by atoms with Crippen molar-refractivity contribution < 1.29 is 19.3 Å². The van der Waals surface area contributed by atoms with Gasteiger partial charge in [0.1, 0.15) is 11.5 Å². The van der Waals surface area contributed by atoms with Gasteiger partial charge in [-0.25, -0.2) is 0 Å². The van der Waals surface area contributed by atoms with Gasteiger partial charge in [0.05, 0.1) is 16.9 Å². The Kier molecular flexibility index (Phi) is 5.43. The lowest BCUT2D eigenvalue weighted by Gasteiger charge is -2.38. The minimum absolute atomic E-state index is 0.0861. The zero-order chi connectivity index (χ0) is 28.3. The highest BCUT2D eigenvalue weighted by molar-refractivity contribution is 6.16. The Labute approximate surface area is 234 Å². The number of aromatic nitrogens is 1. The van der Waals surface area contributed by atoms with Crippen LogP contribution in [0.25, 0.3) is 6.08 Å². The molecule has 1 N–H and O–H groups in total. The number of fused-ring (bicyclic) bond motifs is 6. The van der Waals surface area contributed by atoms with Gasteiger partial charge in [-0.1, -0.05) is 54.6 Å². The van der Waals surface area contributed by atoms with E-state index in [2.05, 4.69) is 10.3 Å². The Morgan fingerprint density at radius 2 is 1.71 bits per heavy atom. The highest BCUT2D eigenvalue weighted by Crippen LogP contribution is 2.62. The van der Waals surface area contributed by atoms with Crippen molar-refractivity contribution in [3.63, 3.8) is 0 Å². The summed E-state index contributed by atoms with van der Waals surface area (Å²) < 4.78 is 0. The molecule has 0 bridgehead atoms. The van der Waals surface area contributed by atoms with E-state index in [1.165, 1.54) is 30.5 Å². The van der Waals surface area contributed by atoms with Crippen LogP contribution in [0.2, 0.25) is 0 Å². The normalized spacial score (nSPS) is 23.5. The number of nitro benzene ring substituents is 1. The van der Waals surface area contributed by atoms with Gasteiger partial charge in [0, 0.05) is 47.5 Å². The second kappa shape index (κ2) is 9.06. The summed E-state index contributed by atoms with van der Waals surface area (Å²) >= 11 is 0. The Bertz CT molecular complexity index is 1800. The zero-order valence-corrected chi connectivity index (χ0v) is 21.5. The molecule has 4 atom stereocenters. The molecule has 1 spiro atoms. The molecule has 0 unspecified atom stereocenters. The van der Waals surface area contributed by atoms with E-state index in [0.29, 0.717) is 11.3 Å². The molecular weight excluding hydrogens is 520 g/mol. The van der Waals surface area contributed by atoms with Gasteiger partial charge in [0.25, 0.3) is 5.69 Å². The molecule has 4 heterocycles. The molecule has 1 aromatic heterocycles. The fraction of sp³-hybridized carbons (Fsp3) is 0.125. The van der Waals surface area contributed by atoms with E-state index >= 15 is 0 Å². The molecule has 3 aliphatic rings. The third kappa shape index (κ3) is 3.42. The lowest BCUT2D eigenvalue weighted by molar-refractivity contribution is -0.384. The minimum Gasteiger partial charge on any atom is -0.358 e. The van der Waals surface area contributed by atoms with Gasteiger partial charge < -0.3 is 10.2 Å². The molecule has 1 saturated heterocycles. The number of carbonyl (C=O) groups is 3. The first-order valence-corrected chi connectivity index (χ1v) is 13.1. The quantitative estimate of drug-likeness (QED) is 0.215. The molecule has 200 valence electrons. The van der Waals surface area contributed by atoms with Crippen LogP contribution in [0.15, 0.2) is 104 Å². The molecule has 0 aliphatic carbocycles. The largest absolute Gasteiger partial charge is 0.358 e. The smallest absolute Gasteiger partial charge is 0.270 e. The maximum Gasteiger partial charge on any atom is 0.270 e. The number of benzene rings is 3. The highest BCUT2D eigenvalue weighted by atomic mass is 16.6. The van der Waals surface area contributed by atoms with E-state index in [0.717, 1.165) is 11.1 Å². The first-order valence-electron chi connectivity index (χ1n) is 13.1. The SMILES string of the molecule is O=C(c1cccnc1)[C@@H]1[C@H](C(=O)c2cccc([N+](=O)[O-])c2)N2C=Cc3ccccc3[C@@H]2[C@]12C(=O)Nc1ccccc12. The summed E-state index contributed by atoms with van der Waals surface area (Å²) in [5.74, 6) is -2.45. The molecule has 9 heteroatoms. The van der Waals surface area contributed by atoms with Crippen LogP contribution in [0, 0.1) is 16.0 Å². The molecular formula is C32H22N4O5. The standard InChI is InChI=1S/C32H22N4O5/c37-28(21-9-6-15-33-18-21)26-27(29(38)20-8-5-10-22(17-20)36(40)41)35-16-14-19-7-1-2-11-23(19)30(35)32(26)24-12-3-4-13-25(24)34-31(32)39/h1-18,26-27,30H,(H,34,39)/t26-,27+,30+,32+/m0/s1. The van der Waals surface area contributed by atoms with E-state index in [9.17, 15) is 24.5 Å². The summed E-state index contributed by atoms with van der Waals surface area (Å²) in [5, 5.41) is 14.6. The number of Topliss-reactive ketones (excluding diaryl/α,β-unsaturated/α-hetero) is 2. The van der Waals surface area contributed by atoms with Crippen molar-refractivity contribution in [1.82, 2.24) is 9.88 Å². The van der Waals surface area contributed by atoms with Gasteiger partial charge >= 0.3 is 0 Å². The molecule has 1 fully saturated rings. The number of hydrogen-bond donors (Lipinski definition) is 1. The van der Waals surface area contributed by atoms with Gasteiger partial charge in [-0.3, -0.25) is 29.5 Å². The molecule has 4 aromatic rings. The Balaban J connectivity index is 1.53. The van der Waals surface area contributed by atoms with E-state index in [1.54, 1.807) is 35.5 Å². The van der Waals surface area contributed by atoms with Crippen LogP contribution in [0.4, 0.5) is 11.4 Å². The number of non-ortho nitro benzene ring substituents is 1. The zero-order valence-electron chi connectivity index (χ0n) is 21.5. The Morgan fingerprint density at radius 3 is 2.51 bits per heavy atom. The molecule has 0 radical (unpaired) electrons. The highest BCUT2D eigenvalue weighted by Gasteiger charge is 2.70. The van der Waals surface area contributed by atoms with Crippen LogP contribution in [0.3, 0.4) is 0 Å². The van der Waals surface area contributed by atoms with Gasteiger partial charge in [-0.05, 0) is 41.0 Å². The van der Waals surface area contributed by atoms with Crippen LogP contribution in [0.5, 0.6) is 0 Å². The average Bonchev–Trinajstić information content (AvgIpc) is 3.49. The summed E-state index contributed by atoms with van der Waals surface area (Å²) in [5.41, 5.74) is 1.52. The van der Waals surface area contributed by atoms with Crippen molar-refractivity contribution in [1.29, 1.82) is 0 Å². The van der Waals surface area contributed by atoms with Gasteiger partial charge in [0.15, 0.2) is 11.6 Å². The van der Waals surface area contributed by atoms with Crippen molar-refractivity contribution in [2.24, 2.45) is 5.92 Å². The topological polar surface area (TPSA) is 123 Å². The fourth-order valence-electron chi connectivity index (χ4n) is 6.80. The van der Waals surface area contributed by atoms with Crippen molar-refractivity contribution in [2.75, 3.05) is 5.32 Å². The number of amides is 1. The lowest BCUT2D eigenvalue weighted by atomic mass is 9.62. The van der Waals surface area contributed by atoms with Gasteiger partial charge in [-0.15, -0.1) is 0 Å². The number of anilines is 1. The van der Waals surface area contributed by atoms with Crippen molar-refractivity contribution in [2.45, 2.75) is 17.5 Å². The molecule has 3 aromatic carbocycles. The van der Waals surface area contributed by atoms with Gasteiger partial charge in [-0.2, -0.15) is 0 Å². The number of carbonyl (C=O) groups excluding carboxylic acids is 3. The fourth-order valence-corrected chi connectivity index (χ4v) is 6.80. The second-order valence-electron chi connectivity index (χ2n) is 10.4.